The van der Waals surface area contributed by atoms with E-state index in [0.717, 1.165) is 5.75 Å². The van der Waals surface area contributed by atoms with E-state index < -0.39 is 0 Å². The molecule has 3 rings (SSSR count). The first kappa shape index (κ1) is 15.1. The third-order valence-electron chi connectivity index (χ3n) is 3.48. The summed E-state index contributed by atoms with van der Waals surface area (Å²) >= 11 is 0. The van der Waals surface area contributed by atoms with Crippen molar-refractivity contribution in [3.8, 4) is 11.5 Å². The van der Waals surface area contributed by atoms with E-state index in [9.17, 15) is 4.79 Å². The number of hydrogen-bond acceptors (Lipinski definition) is 5. The van der Waals surface area contributed by atoms with Crippen molar-refractivity contribution in [1.82, 2.24) is 25.0 Å². The average molecular weight is 317 g/mol. The van der Waals surface area contributed by atoms with Gasteiger partial charge >= 0.3 is 6.03 Å². The zero-order valence-corrected chi connectivity index (χ0v) is 12.9. The van der Waals surface area contributed by atoms with E-state index in [0.29, 0.717) is 32.0 Å². The van der Waals surface area contributed by atoms with Crippen LogP contribution < -0.4 is 14.8 Å². The lowest BCUT2D eigenvalue weighted by atomic mass is 10.2. The maximum absolute atomic E-state index is 12.1. The average Bonchev–Trinajstić information content (AvgIpc) is 3.08. The molecule has 1 atom stereocenters. The summed E-state index contributed by atoms with van der Waals surface area (Å²) in [5, 5.41) is 6.81. The van der Waals surface area contributed by atoms with E-state index in [1.165, 1.54) is 6.33 Å². The monoisotopic (exact) mass is 317 g/mol. The Kier molecular flexibility index (Phi) is 4.60. The number of amides is 2. The van der Waals surface area contributed by atoms with Crippen molar-refractivity contribution in [3.63, 3.8) is 0 Å². The van der Waals surface area contributed by atoms with Crippen molar-refractivity contribution >= 4 is 6.03 Å². The molecule has 0 unspecified atom stereocenters. The number of para-hydroxylation sites is 2. The van der Waals surface area contributed by atoms with Crippen molar-refractivity contribution in [2.45, 2.75) is 12.6 Å². The number of benzene rings is 1. The van der Waals surface area contributed by atoms with Crippen LogP contribution >= 0.6 is 0 Å². The van der Waals surface area contributed by atoms with E-state index in [4.69, 9.17) is 9.47 Å². The van der Waals surface area contributed by atoms with Gasteiger partial charge in [-0.05, 0) is 12.1 Å². The quantitative estimate of drug-likeness (QED) is 0.880. The molecular formula is C15H19N5O3. The van der Waals surface area contributed by atoms with Crippen molar-refractivity contribution in [2.24, 2.45) is 0 Å². The molecule has 1 N–H and O–H groups in total. The maximum Gasteiger partial charge on any atom is 0.317 e. The second kappa shape index (κ2) is 6.99. The number of nitrogens with one attached hydrogen (secondary N) is 1. The molecule has 1 aliphatic rings. The molecule has 0 spiro atoms. The number of carbonyl (C=O) groups is 1. The highest BCUT2D eigenvalue weighted by Gasteiger charge is 2.23. The first-order valence-corrected chi connectivity index (χ1v) is 7.42. The van der Waals surface area contributed by atoms with Crippen LogP contribution in [-0.4, -0.2) is 58.5 Å². The minimum Gasteiger partial charge on any atom is -0.486 e. The zero-order valence-electron chi connectivity index (χ0n) is 12.9. The molecule has 8 nitrogen and oxygen atoms in total. The van der Waals surface area contributed by atoms with Gasteiger partial charge in [-0.25, -0.2) is 9.78 Å². The first-order valence-electron chi connectivity index (χ1n) is 7.42. The van der Waals surface area contributed by atoms with Crippen LogP contribution in [-0.2, 0) is 6.54 Å². The highest BCUT2D eigenvalue weighted by Crippen LogP contribution is 2.30. The standard InChI is InChI=1S/C15H19N5O3/c1-19(15(21)17-6-7-20-11-16-10-18-20)8-12-9-22-13-4-2-3-5-14(13)23-12/h2-5,10-12H,6-9H2,1H3,(H,17,21)/t12-/m0/s1. The molecule has 23 heavy (non-hydrogen) atoms. The lowest BCUT2D eigenvalue weighted by molar-refractivity contribution is 0.0715. The van der Waals surface area contributed by atoms with Crippen LogP contribution in [0.1, 0.15) is 0 Å². The third-order valence-corrected chi connectivity index (χ3v) is 3.48. The van der Waals surface area contributed by atoms with E-state index in [1.54, 1.807) is 23.0 Å². The number of urea groups is 1. The summed E-state index contributed by atoms with van der Waals surface area (Å²) in [7, 11) is 1.73. The fourth-order valence-corrected chi connectivity index (χ4v) is 2.30. The van der Waals surface area contributed by atoms with Gasteiger partial charge in [0.15, 0.2) is 17.6 Å². The Labute approximate surface area is 134 Å². The predicted octanol–water partition coefficient (Wildman–Crippen LogP) is 0.759. The molecule has 1 aromatic heterocycles. The molecular weight excluding hydrogens is 298 g/mol. The Hall–Kier alpha value is -2.77. The molecule has 2 aromatic rings. The number of rotatable bonds is 5. The Bertz CT molecular complexity index is 646. The molecule has 0 bridgehead atoms. The van der Waals surface area contributed by atoms with Gasteiger partial charge in [-0.2, -0.15) is 5.10 Å². The molecule has 2 heterocycles. The molecule has 0 fully saturated rings. The number of ether oxygens (including phenoxy) is 2. The van der Waals surface area contributed by atoms with Crippen LogP contribution in [0.4, 0.5) is 4.79 Å². The van der Waals surface area contributed by atoms with Gasteiger partial charge in [0.25, 0.3) is 0 Å². The lowest BCUT2D eigenvalue weighted by Gasteiger charge is -2.29. The third kappa shape index (κ3) is 3.91. The van der Waals surface area contributed by atoms with Crippen LogP contribution in [0.15, 0.2) is 36.9 Å². The van der Waals surface area contributed by atoms with E-state index in [-0.39, 0.29) is 12.1 Å². The molecule has 0 saturated carbocycles. The highest BCUT2D eigenvalue weighted by atomic mass is 16.6. The Morgan fingerprint density at radius 1 is 1.43 bits per heavy atom. The largest absolute Gasteiger partial charge is 0.486 e. The molecule has 1 aromatic carbocycles. The second-order valence-electron chi connectivity index (χ2n) is 5.27. The van der Waals surface area contributed by atoms with Crippen molar-refractivity contribution in [1.29, 1.82) is 0 Å². The van der Waals surface area contributed by atoms with Gasteiger partial charge in [0.05, 0.1) is 13.1 Å². The van der Waals surface area contributed by atoms with Gasteiger partial charge in [-0.3, -0.25) is 4.68 Å². The molecule has 0 aliphatic carbocycles. The fraction of sp³-hybridized carbons (Fsp3) is 0.400. The summed E-state index contributed by atoms with van der Waals surface area (Å²) < 4.78 is 13.2. The number of nitrogens with zero attached hydrogens (tertiary/aromatic N) is 4. The first-order chi connectivity index (χ1) is 11.2. The molecule has 8 heteroatoms. The maximum atomic E-state index is 12.1. The normalized spacial score (nSPS) is 16.0. The van der Waals surface area contributed by atoms with Gasteiger partial charge in [0.1, 0.15) is 19.3 Å². The highest BCUT2D eigenvalue weighted by molar-refractivity contribution is 5.73. The zero-order chi connectivity index (χ0) is 16.1. The van der Waals surface area contributed by atoms with Gasteiger partial charge in [0, 0.05) is 13.6 Å². The Balaban J connectivity index is 1.43. The topological polar surface area (TPSA) is 81.5 Å². The number of likely N-dealkylation sites (N-methyl/N-ethyl adjacent to an activating group) is 1. The van der Waals surface area contributed by atoms with Crippen LogP contribution in [0.25, 0.3) is 0 Å². The van der Waals surface area contributed by atoms with Gasteiger partial charge < -0.3 is 19.7 Å². The SMILES string of the molecule is CN(C[C@H]1COc2ccccc2O1)C(=O)NCCn1cncn1. The van der Waals surface area contributed by atoms with Crippen LogP contribution in [0.3, 0.4) is 0 Å². The number of fused-ring (bicyclic) bond motifs is 1. The molecule has 0 radical (unpaired) electrons. The Morgan fingerprint density at radius 3 is 3.04 bits per heavy atom. The summed E-state index contributed by atoms with van der Waals surface area (Å²) in [5.74, 6) is 1.45. The van der Waals surface area contributed by atoms with Crippen LogP contribution in [0, 0.1) is 0 Å². The van der Waals surface area contributed by atoms with Gasteiger partial charge in [0.2, 0.25) is 0 Å². The minimum absolute atomic E-state index is 0.160. The van der Waals surface area contributed by atoms with E-state index in [2.05, 4.69) is 15.4 Å². The minimum atomic E-state index is -0.184. The van der Waals surface area contributed by atoms with Gasteiger partial charge in [-0.15, -0.1) is 0 Å². The number of carbonyl (C=O) groups excluding carboxylic acids is 1. The molecule has 0 saturated heterocycles. The van der Waals surface area contributed by atoms with Gasteiger partial charge in [-0.1, -0.05) is 12.1 Å². The summed E-state index contributed by atoms with van der Waals surface area (Å²) in [5.41, 5.74) is 0. The summed E-state index contributed by atoms with van der Waals surface area (Å²) in [6.07, 6.45) is 2.89. The van der Waals surface area contributed by atoms with Crippen LogP contribution in [0.5, 0.6) is 11.5 Å². The van der Waals surface area contributed by atoms with E-state index in [1.807, 2.05) is 24.3 Å². The van der Waals surface area contributed by atoms with E-state index >= 15 is 0 Å². The Morgan fingerprint density at radius 2 is 2.26 bits per heavy atom. The number of aromatic nitrogens is 3. The smallest absolute Gasteiger partial charge is 0.317 e. The predicted molar refractivity (Wildman–Crippen MR) is 82.4 cm³/mol. The summed E-state index contributed by atoms with van der Waals surface area (Å²) in [6.45, 7) is 1.93. The van der Waals surface area contributed by atoms with Crippen molar-refractivity contribution < 1.29 is 14.3 Å². The van der Waals surface area contributed by atoms with Crippen molar-refractivity contribution in [3.05, 3.63) is 36.9 Å². The molecule has 1 aliphatic heterocycles. The second-order valence-corrected chi connectivity index (χ2v) is 5.27. The summed E-state index contributed by atoms with van der Waals surface area (Å²) in [6, 6.07) is 7.36. The summed E-state index contributed by atoms with van der Waals surface area (Å²) in [4.78, 5) is 17.5. The van der Waals surface area contributed by atoms with Crippen molar-refractivity contribution in [2.75, 3.05) is 26.7 Å². The lowest BCUT2D eigenvalue weighted by Crippen LogP contribution is -2.46. The fourth-order valence-electron chi connectivity index (χ4n) is 2.30. The number of hydrogen-bond donors (Lipinski definition) is 1. The van der Waals surface area contributed by atoms with Crippen LogP contribution in [0.2, 0.25) is 0 Å². The molecule has 122 valence electrons. The molecule has 2 amide bonds.